The second-order valence-electron chi connectivity index (χ2n) is 6.24. The third-order valence-corrected chi connectivity index (χ3v) is 5.44. The number of carbonyl (C=O) groups is 1. The Morgan fingerprint density at radius 2 is 1.92 bits per heavy atom. The van der Waals surface area contributed by atoms with Gasteiger partial charge in [0.05, 0.1) is 22.0 Å². The predicted octanol–water partition coefficient (Wildman–Crippen LogP) is 2.68. The molecule has 0 aromatic carbocycles. The summed E-state index contributed by atoms with van der Waals surface area (Å²) in [5.74, 6) is 0.0987. The summed E-state index contributed by atoms with van der Waals surface area (Å²) in [6.45, 7) is 10.2. The van der Waals surface area contributed by atoms with Crippen LogP contribution in [-0.4, -0.2) is 51.9 Å². The maximum absolute atomic E-state index is 12.7. The van der Waals surface area contributed by atoms with Gasteiger partial charge in [-0.3, -0.25) is 14.7 Å². The summed E-state index contributed by atoms with van der Waals surface area (Å²) < 4.78 is 0. The number of piperazine rings is 1. The van der Waals surface area contributed by atoms with Crippen molar-refractivity contribution in [1.29, 1.82) is 0 Å². The average Bonchev–Trinajstić information content (AvgIpc) is 3.03. The van der Waals surface area contributed by atoms with E-state index in [4.69, 9.17) is 0 Å². The maximum atomic E-state index is 12.7. The highest BCUT2D eigenvalue weighted by atomic mass is 32.1. The predicted molar refractivity (Wildman–Crippen MR) is 96.4 cm³/mol. The van der Waals surface area contributed by atoms with Crippen molar-refractivity contribution in [2.45, 2.75) is 33.7 Å². The van der Waals surface area contributed by atoms with E-state index < -0.39 is 0 Å². The quantitative estimate of drug-likeness (QED) is 0.856. The van der Waals surface area contributed by atoms with Crippen LogP contribution in [0.15, 0.2) is 17.5 Å². The van der Waals surface area contributed by atoms with E-state index in [1.807, 2.05) is 30.9 Å². The van der Waals surface area contributed by atoms with Crippen molar-refractivity contribution in [3.05, 3.63) is 45.2 Å². The van der Waals surface area contributed by atoms with Gasteiger partial charge in [-0.1, -0.05) is 6.92 Å². The monoisotopic (exact) mass is 344 g/mol. The summed E-state index contributed by atoms with van der Waals surface area (Å²) in [4.78, 5) is 26.0. The summed E-state index contributed by atoms with van der Waals surface area (Å²) >= 11 is 1.73. The lowest BCUT2D eigenvalue weighted by Gasteiger charge is -2.34. The first kappa shape index (κ1) is 17.0. The normalized spacial score (nSPS) is 15.7. The number of amides is 1. The standard InChI is InChI=1S/C18H24N4OS/c1-4-17-20-15(12-24-17)11-21-7-9-22(10-8-21)18(23)16-6-5-13(2)19-14(16)3/h5-6,12H,4,7-11H2,1-3H3. The Hall–Kier alpha value is -1.79. The van der Waals surface area contributed by atoms with Gasteiger partial charge in [-0.15, -0.1) is 11.3 Å². The molecule has 0 N–H and O–H groups in total. The Morgan fingerprint density at radius 3 is 2.54 bits per heavy atom. The fraction of sp³-hybridized carbons (Fsp3) is 0.500. The van der Waals surface area contributed by atoms with Crippen molar-refractivity contribution in [3.8, 4) is 0 Å². The van der Waals surface area contributed by atoms with E-state index in [0.29, 0.717) is 0 Å². The molecule has 0 unspecified atom stereocenters. The lowest BCUT2D eigenvalue weighted by molar-refractivity contribution is 0.0626. The molecule has 2 aromatic heterocycles. The van der Waals surface area contributed by atoms with Crippen LogP contribution in [0.1, 0.15) is 39.4 Å². The van der Waals surface area contributed by atoms with Gasteiger partial charge in [0.1, 0.15) is 0 Å². The van der Waals surface area contributed by atoms with Crippen LogP contribution >= 0.6 is 11.3 Å². The fourth-order valence-corrected chi connectivity index (χ4v) is 3.74. The van der Waals surface area contributed by atoms with Gasteiger partial charge in [-0.05, 0) is 32.4 Å². The van der Waals surface area contributed by atoms with Gasteiger partial charge < -0.3 is 4.90 Å². The van der Waals surface area contributed by atoms with E-state index in [0.717, 1.165) is 61.8 Å². The van der Waals surface area contributed by atoms with Gasteiger partial charge in [-0.25, -0.2) is 4.98 Å². The molecule has 0 spiro atoms. The second-order valence-corrected chi connectivity index (χ2v) is 7.18. The molecule has 3 rings (SSSR count). The minimum Gasteiger partial charge on any atom is -0.336 e. The zero-order valence-electron chi connectivity index (χ0n) is 14.6. The van der Waals surface area contributed by atoms with Gasteiger partial charge in [0.2, 0.25) is 0 Å². The number of carbonyl (C=O) groups excluding carboxylic acids is 1. The lowest BCUT2D eigenvalue weighted by Crippen LogP contribution is -2.48. The molecule has 128 valence electrons. The van der Waals surface area contributed by atoms with Gasteiger partial charge in [0.15, 0.2) is 0 Å². The first-order chi connectivity index (χ1) is 11.6. The highest BCUT2D eigenvalue weighted by molar-refractivity contribution is 7.09. The number of hydrogen-bond donors (Lipinski definition) is 0. The van der Waals surface area contributed by atoms with E-state index in [1.165, 1.54) is 5.01 Å². The Morgan fingerprint density at radius 1 is 1.17 bits per heavy atom. The minimum atomic E-state index is 0.0987. The molecular weight excluding hydrogens is 320 g/mol. The first-order valence-corrected chi connectivity index (χ1v) is 9.34. The Balaban J connectivity index is 1.57. The molecule has 3 heterocycles. The third kappa shape index (κ3) is 3.82. The van der Waals surface area contributed by atoms with Crippen molar-refractivity contribution in [2.24, 2.45) is 0 Å². The van der Waals surface area contributed by atoms with Crippen LogP contribution in [0.4, 0.5) is 0 Å². The Bertz CT molecular complexity index is 720. The summed E-state index contributed by atoms with van der Waals surface area (Å²) in [6.07, 6.45) is 0.997. The summed E-state index contributed by atoms with van der Waals surface area (Å²) in [6, 6.07) is 3.80. The molecule has 0 saturated carbocycles. The van der Waals surface area contributed by atoms with Crippen LogP contribution in [0.25, 0.3) is 0 Å². The van der Waals surface area contributed by atoms with Crippen LogP contribution in [-0.2, 0) is 13.0 Å². The SMILES string of the molecule is CCc1nc(CN2CCN(C(=O)c3ccc(C)nc3C)CC2)cs1. The van der Waals surface area contributed by atoms with E-state index in [2.05, 4.69) is 27.2 Å². The zero-order chi connectivity index (χ0) is 17.1. The van der Waals surface area contributed by atoms with Gasteiger partial charge in [0.25, 0.3) is 5.91 Å². The molecule has 5 nitrogen and oxygen atoms in total. The smallest absolute Gasteiger partial charge is 0.255 e. The Kier molecular flexibility index (Phi) is 5.26. The van der Waals surface area contributed by atoms with Crippen LogP contribution in [0.2, 0.25) is 0 Å². The van der Waals surface area contributed by atoms with Crippen molar-refractivity contribution >= 4 is 17.2 Å². The summed E-state index contributed by atoms with van der Waals surface area (Å²) in [7, 11) is 0. The number of thiazole rings is 1. The molecule has 24 heavy (non-hydrogen) atoms. The molecule has 0 radical (unpaired) electrons. The van der Waals surface area contributed by atoms with E-state index in [-0.39, 0.29) is 5.91 Å². The zero-order valence-corrected chi connectivity index (χ0v) is 15.4. The fourth-order valence-electron chi connectivity index (χ4n) is 3.01. The second kappa shape index (κ2) is 7.40. The largest absolute Gasteiger partial charge is 0.336 e. The molecule has 6 heteroatoms. The molecular formula is C18H24N4OS. The number of aryl methyl sites for hydroxylation is 3. The summed E-state index contributed by atoms with van der Waals surface area (Å²) in [5.41, 5.74) is 3.64. The first-order valence-electron chi connectivity index (χ1n) is 8.46. The molecule has 0 atom stereocenters. The van der Waals surface area contributed by atoms with Crippen LogP contribution in [0.3, 0.4) is 0 Å². The van der Waals surface area contributed by atoms with Gasteiger partial charge >= 0.3 is 0 Å². The average molecular weight is 344 g/mol. The highest BCUT2D eigenvalue weighted by Gasteiger charge is 2.23. The Labute approximate surface area is 147 Å². The molecule has 1 aliphatic heterocycles. The maximum Gasteiger partial charge on any atom is 0.255 e. The van der Waals surface area contributed by atoms with Crippen molar-refractivity contribution in [3.63, 3.8) is 0 Å². The van der Waals surface area contributed by atoms with Crippen LogP contribution in [0, 0.1) is 13.8 Å². The number of rotatable bonds is 4. The lowest BCUT2D eigenvalue weighted by atomic mass is 10.1. The number of nitrogens with zero attached hydrogens (tertiary/aromatic N) is 4. The molecule has 0 aliphatic carbocycles. The van der Waals surface area contributed by atoms with E-state index in [1.54, 1.807) is 11.3 Å². The van der Waals surface area contributed by atoms with Crippen LogP contribution < -0.4 is 0 Å². The van der Waals surface area contributed by atoms with Crippen LogP contribution in [0.5, 0.6) is 0 Å². The summed E-state index contributed by atoms with van der Waals surface area (Å²) in [5, 5.41) is 3.35. The van der Waals surface area contributed by atoms with E-state index in [9.17, 15) is 4.79 Å². The van der Waals surface area contributed by atoms with E-state index >= 15 is 0 Å². The molecule has 1 fully saturated rings. The molecule has 2 aromatic rings. The van der Waals surface area contributed by atoms with Gasteiger partial charge in [0, 0.05) is 43.8 Å². The highest BCUT2D eigenvalue weighted by Crippen LogP contribution is 2.15. The van der Waals surface area contributed by atoms with Crippen molar-refractivity contribution in [1.82, 2.24) is 19.8 Å². The minimum absolute atomic E-state index is 0.0987. The molecule has 1 saturated heterocycles. The molecule has 1 aliphatic rings. The number of pyridine rings is 1. The number of hydrogen-bond acceptors (Lipinski definition) is 5. The molecule has 1 amide bonds. The molecule has 0 bridgehead atoms. The van der Waals surface area contributed by atoms with Gasteiger partial charge in [-0.2, -0.15) is 0 Å². The van der Waals surface area contributed by atoms with Crippen molar-refractivity contribution < 1.29 is 4.79 Å². The van der Waals surface area contributed by atoms with Crippen molar-refractivity contribution in [2.75, 3.05) is 26.2 Å². The third-order valence-electron chi connectivity index (χ3n) is 4.40. The number of aromatic nitrogens is 2. The topological polar surface area (TPSA) is 49.3 Å².